The molecule has 4 aromatic rings. The van der Waals surface area contributed by atoms with Crippen LogP contribution in [0.1, 0.15) is 41.3 Å². The smallest absolute Gasteiger partial charge is 0.356 e. The van der Waals surface area contributed by atoms with Crippen molar-refractivity contribution in [1.29, 1.82) is 0 Å². The van der Waals surface area contributed by atoms with Crippen LogP contribution < -0.4 is 5.73 Å². The van der Waals surface area contributed by atoms with Crippen LogP contribution in [-0.2, 0) is 28.7 Å². The molecule has 296 valence electrons. The second-order valence-electron chi connectivity index (χ2n) is 13.3. The number of urea groups is 1. The summed E-state index contributed by atoms with van der Waals surface area (Å²) in [5, 5.41) is 10.6. The van der Waals surface area contributed by atoms with Crippen LogP contribution in [0, 0.1) is 0 Å². The van der Waals surface area contributed by atoms with Crippen molar-refractivity contribution in [3.05, 3.63) is 148 Å². The number of carbonyl (C=O) groups is 6. The molecule has 4 heterocycles. The molecule has 16 heteroatoms. The number of carbonyl (C=O) groups excluding carboxylic acids is 6. The number of rotatable bonds is 11. The van der Waals surface area contributed by atoms with Crippen LogP contribution in [0.5, 0.6) is 5.75 Å². The maximum atomic E-state index is 14.6. The SMILES string of the molecule is CCN1CCN(C(=O)N(C(=O)[C@H](N)c2ccc(O)cc2)C2C(=O)N3C(C(=O)OC(c4ccccc4)c4ccccc4)=C(S/C=C\c4cccnc4)CS[C@H]23)C(=O)C1=O. The Bertz CT molecular complexity index is 2240. The number of imide groups is 2. The van der Waals surface area contributed by atoms with Crippen LogP contribution in [0.3, 0.4) is 0 Å². The van der Waals surface area contributed by atoms with Gasteiger partial charge in [-0.1, -0.05) is 90.6 Å². The van der Waals surface area contributed by atoms with Gasteiger partial charge in [0.1, 0.15) is 22.9 Å². The first kappa shape index (κ1) is 40.0. The average molecular weight is 819 g/mol. The van der Waals surface area contributed by atoms with Gasteiger partial charge >= 0.3 is 23.8 Å². The average Bonchev–Trinajstić information content (AvgIpc) is 3.25. The largest absolute Gasteiger partial charge is 0.508 e. The Morgan fingerprint density at radius 3 is 2.22 bits per heavy atom. The third-order valence-corrected chi connectivity index (χ3v) is 12.2. The number of esters is 1. The zero-order valence-corrected chi connectivity index (χ0v) is 32.8. The molecule has 0 saturated carbocycles. The summed E-state index contributed by atoms with van der Waals surface area (Å²) in [4.78, 5) is 92.5. The van der Waals surface area contributed by atoms with E-state index in [1.807, 2.05) is 72.8 Å². The molecule has 7 rings (SSSR count). The van der Waals surface area contributed by atoms with Crippen molar-refractivity contribution in [1.82, 2.24) is 24.6 Å². The molecule has 0 spiro atoms. The number of hydrogen-bond donors (Lipinski definition) is 2. The lowest BCUT2D eigenvalue weighted by Crippen LogP contribution is -2.74. The van der Waals surface area contributed by atoms with Crippen molar-refractivity contribution in [2.75, 3.05) is 25.4 Å². The second kappa shape index (κ2) is 17.5. The zero-order chi connectivity index (χ0) is 40.9. The highest BCUT2D eigenvalue weighted by Gasteiger charge is 2.60. The molecule has 3 aliphatic heterocycles. The number of benzene rings is 3. The maximum Gasteiger partial charge on any atom is 0.356 e. The number of fused-ring (bicyclic) bond motifs is 1. The van der Waals surface area contributed by atoms with Crippen LogP contribution in [0.25, 0.3) is 6.08 Å². The summed E-state index contributed by atoms with van der Waals surface area (Å²) in [5.41, 5.74) is 8.77. The Labute approximate surface area is 342 Å². The van der Waals surface area contributed by atoms with Crippen LogP contribution in [0.2, 0.25) is 0 Å². The van der Waals surface area contributed by atoms with Gasteiger partial charge in [0.2, 0.25) is 0 Å². The lowest BCUT2D eigenvalue weighted by Gasteiger charge is -2.53. The normalized spacial score (nSPS) is 18.6. The van der Waals surface area contributed by atoms with Gasteiger partial charge in [-0.25, -0.2) is 14.5 Å². The van der Waals surface area contributed by atoms with E-state index in [2.05, 4.69) is 4.98 Å². The minimum absolute atomic E-state index is 0.0254. The number of amides is 6. The first-order valence-electron chi connectivity index (χ1n) is 18.3. The van der Waals surface area contributed by atoms with Gasteiger partial charge in [-0.2, -0.15) is 0 Å². The van der Waals surface area contributed by atoms with Crippen LogP contribution in [0.4, 0.5) is 4.79 Å². The minimum atomic E-state index is -1.51. The predicted octanol–water partition coefficient (Wildman–Crippen LogP) is 4.66. The van der Waals surface area contributed by atoms with Gasteiger partial charge in [0.25, 0.3) is 11.8 Å². The summed E-state index contributed by atoms with van der Waals surface area (Å²) < 4.78 is 6.27. The number of thioether (sulfide) groups is 2. The number of phenols is 1. The van der Waals surface area contributed by atoms with Gasteiger partial charge in [-0.05, 0) is 58.9 Å². The van der Waals surface area contributed by atoms with E-state index in [-0.39, 0.29) is 42.4 Å². The molecule has 0 aliphatic carbocycles. The summed E-state index contributed by atoms with van der Waals surface area (Å²) >= 11 is 2.42. The first-order valence-corrected chi connectivity index (χ1v) is 20.3. The molecule has 3 atom stereocenters. The summed E-state index contributed by atoms with van der Waals surface area (Å²) in [6.07, 6.45) is 4.28. The molecule has 0 bridgehead atoms. The lowest BCUT2D eigenvalue weighted by molar-refractivity contribution is -0.161. The molecule has 0 radical (unpaired) electrons. The molecular weight excluding hydrogens is 781 g/mol. The molecular formula is C42H38N6O8S2. The van der Waals surface area contributed by atoms with Crippen LogP contribution in [-0.4, -0.2) is 102 Å². The minimum Gasteiger partial charge on any atom is -0.508 e. The van der Waals surface area contributed by atoms with Crippen molar-refractivity contribution in [2.45, 2.75) is 30.5 Å². The van der Waals surface area contributed by atoms with E-state index in [1.54, 1.807) is 30.8 Å². The molecule has 1 aromatic heterocycles. The highest BCUT2D eigenvalue weighted by molar-refractivity contribution is 8.08. The van der Waals surface area contributed by atoms with Gasteiger partial charge < -0.3 is 20.5 Å². The number of β-lactam (4-membered cyclic amide) rings is 1. The van der Waals surface area contributed by atoms with E-state index >= 15 is 0 Å². The van der Waals surface area contributed by atoms with E-state index in [0.29, 0.717) is 25.8 Å². The summed E-state index contributed by atoms with van der Waals surface area (Å²) in [6, 6.07) is 23.2. The zero-order valence-electron chi connectivity index (χ0n) is 31.1. The van der Waals surface area contributed by atoms with Gasteiger partial charge in [-0.3, -0.25) is 34.0 Å². The lowest BCUT2D eigenvalue weighted by atomic mass is 9.99. The number of hydrogen-bond acceptors (Lipinski definition) is 12. The molecule has 3 aromatic carbocycles. The Kier molecular flexibility index (Phi) is 12.1. The number of ether oxygens (including phenoxy) is 1. The van der Waals surface area contributed by atoms with Crippen molar-refractivity contribution >= 4 is 65.2 Å². The van der Waals surface area contributed by atoms with E-state index in [4.69, 9.17) is 10.5 Å². The summed E-state index contributed by atoms with van der Waals surface area (Å²) in [5.74, 6) is -4.61. The number of likely N-dealkylation sites (N-methyl/N-ethyl adjacent to an activating group) is 1. The molecule has 6 amide bonds. The Hall–Kier alpha value is -6.23. The monoisotopic (exact) mass is 818 g/mol. The van der Waals surface area contributed by atoms with Crippen LogP contribution in [0.15, 0.2) is 125 Å². The number of nitrogens with zero attached hydrogens (tertiary/aromatic N) is 5. The fourth-order valence-electron chi connectivity index (χ4n) is 6.79. The molecule has 2 saturated heterocycles. The molecule has 2 fully saturated rings. The highest BCUT2D eigenvalue weighted by atomic mass is 32.2. The van der Waals surface area contributed by atoms with E-state index in [1.165, 1.54) is 57.6 Å². The second-order valence-corrected chi connectivity index (χ2v) is 15.4. The van der Waals surface area contributed by atoms with Crippen molar-refractivity contribution in [3.63, 3.8) is 0 Å². The molecule has 3 aliphatic rings. The standard InChI is InChI=1S/C42H38N6O8S2/c1-2-45-21-22-46(39(53)38(45)52)42(55)48(36(50)32(43)27-15-17-30(49)18-16-27)34-37(51)47-33(31(25-58-40(34)47)57-23-19-26-10-9-20-44-24-26)41(54)56-35(28-11-5-3-6-12-28)29-13-7-4-8-14-29/h3-20,23-24,32,34-35,40,49H,2,21-22,25,43H2,1H3/b23-19-/t32-,34?,40-/m1/s1. The third kappa shape index (κ3) is 7.98. The molecule has 3 N–H and O–H groups in total. The number of nitrogens with two attached hydrogens (primary N) is 1. The number of aromatic nitrogens is 1. The fraction of sp³-hybridized carbons (Fsp3) is 0.214. The molecule has 14 nitrogen and oxygen atoms in total. The first-order chi connectivity index (χ1) is 28.1. The van der Waals surface area contributed by atoms with Gasteiger partial charge in [-0.15, -0.1) is 11.8 Å². The molecule has 1 unspecified atom stereocenters. The van der Waals surface area contributed by atoms with Gasteiger partial charge in [0.05, 0.1) is 0 Å². The predicted molar refractivity (Wildman–Crippen MR) is 217 cm³/mol. The van der Waals surface area contributed by atoms with Crippen molar-refractivity contribution in [3.8, 4) is 5.75 Å². The number of aromatic hydroxyl groups is 1. The Morgan fingerprint density at radius 2 is 1.60 bits per heavy atom. The Balaban J connectivity index is 1.25. The topological polar surface area (TPSA) is 184 Å². The fourth-order valence-corrected chi connectivity index (χ4v) is 9.18. The highest BCUT2D eigenvalue weighted by Crippen LogP contribution is 2.47. The number of piperazine rings is 1. The Morgan fingerprint density at radius 1 is 0.931 bits per heavy atom. The van der Waals surface area contributed by atoms with Crippen LogP contribution >= 0.6 is 23.5 Å². The van der Waals surface area contributed by atoms with Gasteiger partial charge in [0.15, 0.2) is 12.1 Å². The van der Waals surface area contributed by atoms with E-state index < -0.39 is 59.2 Å². The summed E-state index contributed by atoms with van der Waals surface area (Å²) in [6.45, 7) is 1.72. The maximum absolute atomic E-state index is 14.6. The van der Waals surface area contributed by atoms with Crippen molar-refractivity contribution in [2.24, 2.45) is 5.73 Å². The van der Waals surface area contributed by atoms with Crippen molar-refractivity contribution < 1.29 is 38.6 Å². The number of pyridine rings is 1. The number of phenolic OH excluding ortho intramolecular Hbond substituents is 1. The van der Waals surface area contributed by atoms with E-state index in [0.717, 1.165) is 5.56 Å². The third-order valence-electron chi connectivity index (χ3n) is 9.84. The summed E-state index contributed by atoms with van der Waals surface area (Å²) in [7, 11) is 0. The van der Waals surface area contributed by atoms with Gasteiger partial charge in [0, 0.05) is 42.7 Å². The van der Waals surface area contributed by atoms with E-state index in [9.17, 15) is 33.9 Å². The quantitative estimate of drug-likeness (QED) is 0.122. The molecule has 58 heavy (non-hydrogen) atoms.